The number of esters is 1. The summed E-state index contributed by atoms with van der Waals surface area (Å²) < 4.78 is 7.46. The zero-order valence-corrected chi connectivity index (χ0v) is 18.8. The molecule has 0 amide bonds. The van der Waals surface area contributed by atoms with Crippen molar-refractivity contribution in [3.05, 3.63) is 120 Å². The number of aromatic nitrogens is 1. The van der Waals surface area contributed by atoms with E-state index in [0.717, 1.165) is 33.3 Å². The summed E-state index contributed by atoms with van der Waals surface area (Å²) >= 11 is 0. The Bertz CT molecular complexity index is 1470. The highest BCUT2D eigenvalue weighted by Gasteiger charge is 2.23. The van der Waals surface area contributed by atoms with Gasteiger partial charge in [-0.05, 0) is 34.9 Å². The van der Waals surface area contributed by atoms with Gasteiger partial charge in [-0.2, -0.15) is 0 Å². The monoisotopic (exact) mass is 445 g/mol. The van der Waals surface area contributed by atoms with Crippen LogP contribution < -0.4 is 0 Å². The van der Waals surface area contributed by atoms with E-state index in [-0.39, 0.29) is 12.4 Å². The van der Waals surface area contributed by atoms with Gasteiger partial charge >= 0.3 is 5.97 Å². The van der Waals surface area contributed by atoms with E-state index in [9.17, 15) is 9.59 Å². The molecule has 4 nitrogen and oxygen atoms in total. The number of nitrogens with zero attached hydrogens (tertiary/aromatic N) is 1. The summed E-state index contributed by atoms with van der Waals surface area (Å²) in [4.78, 5) is 26.0. The average molecular weight is 446 g/mol. The standard InChI is InChI=1S/C30H23NO3/c1-31-26-15-9-8-14-25(26)28(29(31)23-12-6-3-7-13-23)27(32)20-34-30(33)24-18-16-22(17-19-24)21-10-4-2-5-11-21/h2-19H,20H2,1H3. The van der Waals surface area contributed by atoms with E-state index in [2.05, 4.69) is 0 Å². The van der Waals surface area contributed by atoms with Crippen LogP contribution in [0.2, 0.25) is 0 Å². The van der Waals surface area contributed by atoms with Crippen molar-refractivity contribution in [1.29, 1.82) is 0 Å². The predicted octanol–water partition coefficient (Wildman–Crippen LogP) is 6.55. The van der Waals surface area contributed by atoms with Crippen LogP contribution in [0.15, 0.2) is 109 Å². The molecular weight excluding hydrogens is 422 g/mol. The van der Waals surface area contributed by atoms with Crippen LogP contribution in [0.1, 0.15) is 20.7 Å². The van der Waals surface area contributed by atoms with Crippen molar-refractivity contribution in [3.8, 4) is 22.4 Å². The van der Waals surface area contributed by atoms with E-state index in [4.69, 9.17) is 4.74 Å². The fraction of sp³-hybridized carbons (Fsp3) is 0.0667. The molecule has 5 aromatic rings. The molecule has 0 atom stereocenters. The maximum atomic E-state index is 13.4. The minimum absolute atomic E-state index is 0.232. The molecule has 0 spiro atoms. The Morgan fingerprint density at radius 2 is 1.24 bits per heavy atom. The molecule has 0 saturated heterocycles. The Kier molecular flexibility index (Phi) is 5.79. The molecule has 0 aliphatic carbocycles. The number of rotatable bonds is 6. The van der Waals surface area contributed by atoms with E-state index in [0.29, 0.717) is 11.1 Å². The maximum Gasteiger partial charge on any atom is 0.338 e. The summed E-state index contributed by atoms with van der Waals surface area (Å²) in [6.07, 6.45) is 0. The summed E-state index contributed by atoms with van der Waals surface area (Å²) in [5, 5.41) is 0.845. The number of carbonyl (C=O) groups excluding carboxylic acids is 2. The molecule has 166 valence electrons. The van der Waals surface area contributed by atoms with E-state index in [1.165, 1.54) is 0 Å². The number of benzene rings is 4. The number of hydrogen-bond donors (Lipinski definition) is 0. The predicted molar refractivity (Wildman–Crippen MR) is 135 cm³/mol. The number of fused-ring (bicyclic) bond motifs is 1. The van der Waals surface area contributed by atoms with Crippen LogP contribution in [0.5, 0.6) is 0 Å². The van der Waals surface area contributed by atoms with Crippen molar-refractivity contribution in [2.24, 2.45) is 7.05 Å². The molecule has 4 heteroatoms. The number of ether oxygens (including phenoxy) is 1. The van der Waals surface area contributed by atoms with Crippen molar-refractivity contribution >= 4 is 22.7 Å². The Hall–Kier alpha value is -4.44. The lowest BCUT2D eigenvalue weighted by molar-refractivity contribution is 0.0475. The van der Waals surface area contributed by atoms with Crippen molar-refractivity contribution in [1.82, 2.24) is 4.57 Å². The summed E-state index contributed by atoms with van der Waals surface area (Å²) in [5.74, 6) is -0.751. The Morgan fingerprint density at radius 1 is 0.676 bits per heavy atom. The third-order valence-corrected chi connectivity index (χ3v) is 6.00. The first-order valence-corrected chi connectivity index (χ1v) is 11.1. The van der Waals surface area contributed by atoms with Crippen molar-refractivity contribution < 1.29 is 14.3 Å². The minimum atomic E-state index is -0.519. The number of Topliss-reactive ketones (excluding diaryl/α,β-unsaturated/α-hetero) is 1. The van der Waals surface area contributed by atoms with Gasteiger partial charge < -0.3 is 9.30 Å². The van der Waals surface area contributed by atoms with E-state index >= 15 is 0 Å². The number of carbonyl (C=O) groups is 2. The lowest BCUT2D eigenvalue weighted by Crippen LogP contribution is -2.15. The van der Waals surface area contributed by atoms with Gasteiger partial charge in [-0.3, -0.25) is 4.79 Å². The minimum Gasteiger partial charge on any atom is -0.454 e. The quantitative estimate of drug-likeness (QED) is 0.220. The summed E-state index contributed by atoms with van der Waals surface area (Å²) in [7, 11) is 1.95. The second-order valence-electron chi connectivity index (χ2n) is 8.11. The highest BCUT2D eigenvalue weighted by molar-refractivity contribution is 6.14. The molecule has 1 heterocycles. The molecule has 0 aliphatic heterocycles. The highest BCUT2D eigenvalue weighted by atomic mass is 16.5. The number of hydrogen-bond acceptors (Lipinski definition) is 3. The SMILES string of the molecule is Cn1c(-c2ccccc2)c(C(=O)COC(=O)c2ccc(-c3ccccc3)cc2)c2ccccc21. The molecule has 1 aromatic heterocycles. The molecule has 34 heavy (non-hydrogen) atoms. The third kappa shape index (κ3) is 4.02. The molecule has 0 radical (unpaired) electrons. The molecule has 4 aromatic carbocycles. The van der Waals surface area contributed by atoms with Crippen LogP contribution >= 0.6 is 0 Å². The van der Waals surface area contributed by atoms with Crippen LogP contribution in [-0.2, 0) is 11.8 Å². The summed E-state index contributed by atoms with van der Waals surface area (Å²) in [5.41, 5.74) is 5.76. The number of para-hydroxylation sites is 1. The van der Waals surface area contributed by atoms with E-state index in [1.54, 1.807) is 12.1 Å². The first-order valence-electron chi connectivity index (χ1n) is 11.1. The second kappa shape index (κ2) is 9.20. The summed E-state index contributed by atoms with van der Waals surface area (Å²) in [6, 6.07) is 34.7. The van der Waals surface area contributed by atoms with Gasteiger partial charge in [-0.25, -0.2) is 4.79 Å². The summed E-state index contributed by atoms with van der Waals surface area (Å²) in [6.45, 7) is -0.326. The fourth-order valence-electron chi connectivity index (χ4n) is 4.33. The molecule has 0 unspecified atom stereocenters. The van der Waals surface area contributed by atoms with Crippen LogP contribution in [0.25, 0.3) is 33.3 Å². The second-order valence-corrected chi connectivity index (χ2v) is 8.11. The van der Waals surface area contributed by atoms with E-state index < -0.39 is 5.97 Å². The fourth-order valence-corrected chi connectivity index (χ4v) is 4.33. The van der Waals surface area contributed by atoms with Crippen LogP contribution in [0.4, 0.5) is 0 Å². The first-order chi connectivity index (χ1) is 16.6. The Labute approximate surface area is 198 Å². The van der Waals surface area contributed by atoms with Gasteiger partial charge in [0.2, 0.25) is 5.78 Å². The van der Waals surface area contributed by atoms with Gasteiger partial charge in [0.05, 0.1) is 16.8 Å². The maximum absolute atomic E-state index is 13.4. The van der Waals surface area contributed by atoms with Gasteiger partial charge in [0.15, 0.2) is 6.61 Å². The molecule has 0 saturated carbocycles. The van der Waals surface area contributed by atoms with Crippen molar-refractivity contribution in [2.45, 2.75) is 0 Å². The Balaban J connectivity index is 1.39. The smallest absolute Gasteiger partial charge is 0.338 e. The van der Waals surface area contributed by atoms with Gasteiger partial charge in [-0.15, -0.1) is 0 Å². The lowest BCUT2D eigenvalue weighted by Gasteiger charge is -2.09. The third-order valence-electron chi connectivity index (χ3n) is 6.00. The van der Waals surface area contributed by atoms with Gasteiger partial charge in [0.25, 0.3) is 0 Å². The van der Waals surface area contributed by atoms with Crippen molar-refractivity contribution in [3.63, 3.8) is 0 Å². The van der Waals surface area contributed by atoms with Crippen LogP contribution in [-0.4, -0.2) is 22.9 Å². The normalized spacial score (nSPS) is 10.9. The van der Waals surface area contributed by atoms with Crippen LogP contribution in [0.3, 0.4) is 0 Å². The molecule has 0 bridgehead atoms. The van der Waals surface area contributed by atoms with Gasteiger partial charge in [0.1, 0.15) is 0 Å². The lowest BCUT2D eigenvalue weighted by atomic mass is 10.0. The Morgan fingerprint density at radius 3 is 1.91 bits per heavy atom. The molecule has 5 rings (SSSR count). The first kappa shape index (κ1) is 21.4. The van der Waals surface area contributed by atoms with Crippen LogP contribution in [0, 0.1) is 0 Å². The largest absolute Gasteiger partial charge is 0.454 e. The van der Waals surface area contributed by atoms with Crippen molar-refractivity contribution in [2.75, 3.05) is 6.61 Å². The van der Waals surface area contributed by atoms with Gasteiger partial charge in [0, 0.05) is 18.0 Å². The van der Waals surface area contributed by atoms with E-state index in [1.807, 2.05) is 109 Å². The average Bonchev–Trinajstić information content (AvgIpc) is 3.20. The molecule has 0 N–H and O–H groups in total. The number of ketones is 1. The zero-order chi connectivity index (χ0) is 23.5. The molecule has 0 fully saturated rings. The molecule has 0 aliphatic rings. The number of aryl methyl sites for hydroxylation is 1. The topological polar surface area (TPSA) is 48.3 Å². The highest BCUT2D eigenvalue weighted by Crippen LogP contribution is 2.33. The molecular formula is C30H23NO3. The zero-order valence-electron chi connectivity index (χ0n) is 18.8. The van der Waals surface area contributed by atoms with Gasteiger partial charge in [-0.1, -0.05) is 91.0 Å².